The van der Waals surface area contributed by atoms with Crippen molar-refractivity contribution in [3.05, 3.63) is 18.0 Å². The van der Waals surface area contributed by atoms with E-state index in [0.717, 1.165) is 6.54 Å². The van der Waals surface area contributed by atoms with E-state index in [-0.39, 0.29) is 5.54 Å². The first-order chi connectivity index (χ1) is 7.54. The zero-order valence-electron chi connectivity index (χ0n) is 10.5. The molecule has 2 heterocycles. The Hall–Kier alpha value is -0.870. The molecule has 90 valence electrons. The van der Waals surface area contributed by atoms with Gasteiger partial charge in [-0.3, -0.25) is 9.58 Å². The minimum Gasteiger partial charge on any atom is -0.329 e. The number of aromatic nitrogens is 2. The fourth-order valence-corrected chi connectivity index (χ4v) is 2.76. The van der Waals surface area contributed by atoms with Crippen LogP contribution in [0.1, 0.15) is 38.3 Å². The Morgan fingerprint density at radius 2 is 2.31 bits per heavy atom. The third-order valence-corrected chi connectivity index (χ3v) is 3.67. The third-order valence-electron chi connectivity index (χ3n) is 3.67. The van der Waals surface area contributed by atoms with Crippen LogP contribution in [0.15, 0.2) is 12.4 Å². The van der Waals surface area contributed by atoms with Crippen LogP contribution in [0.2, 0.25) is 0 Å². The van der Waals surface area contributed by atoms with Gasteiger partial charge in [0.05, 0.1) is 12.2 Å². The van der Waals surface area contributed by atoms with Crippen molar-refractivity contribution in [1.82, 2.24) is 14.7 Å². The summed E-state index contributed by atoms with van der Waals surface area (Å²) < 4.78 is 1.85. The number of nitrogens with two attached hydrogens (primary N) is 1. The molecule has 0 amide bonds. The molecule has 4 heteroatoms. The number of nitrogens with zero attached hydrogens (tertiary/aromatic N) is 3. The molecule has 0 saturated carbocycles. The molecule has 0 bridgehead atoms. The molecule has 1 fully saturated rings. The normalized spacial score (nSPS) is 22.5. The molecule has 1 aliphatic rings. The number of aryl methyl sites for hydroxylation is 1. The van der Waals surface area contributed by atoms with Gasteiger partial charge in [-0.05, 0) is 33.2 Å². The summed E-state index contributed by atoms with van der Waals surface area (Å²) in [6, 6.07) is 0.311. The molecule has 1 aromatic heterocycles. The standard InChI is InChI=1S/C12H22N4/c1-12(2)5-4-6-16(12)11(7-13)10-8-14-15(3)9-10/h8-9,11H,4-7,13H2,1-3H3. The Labute approximate surface area is 97.4 Å². The molecule has 4 nitrogen and oxygen atoms in total. The molecule has 2 N–H and O–H groups in total. The fraction of sp³-hybridized carbons (Fsp3) is 0.750. The first-order valence-corrected chi connectivity index (χ1v) is 6.00. The van der Waals surface area contributed by atoms with Gasteiger partial charge in [0.15, 0.2) is 0 Å². The molecule has 1 atom stereocenters. The molecule has 1 aromatic rings. The highest BCUT2D eigenvalue weighted by atomic mass is 15.3. The van der Waals surface area contributed by atoms with Gasteiger partial charge >= 0.3 is 0 Å². The molecule has 0 radical (unpaired) electrons. The van der Waals surface area contributed by atoms with E-state index in [0.29, 0.717) is 12.6 Å². The van der Waals surface area contributed by atoms with Crippen LogP contribution >= 0.6 is 0 Å². The summed E-state index contributed by atoms with van der Waals surface area (Å²) in [5.74, 6) is 0. The Morgan fingerprint density at radius 1 is 1.56 bits per heavy atom. The number of rotatable bonds is 3. The van der Waals surface area contributed by atoms with Crippen molar-refractivity contribution in [3.63, 3.8) is 0 Å². The highest BCUT2D eigenvalue weighted by Gasteiger charge is 2.37. The second-order valence-electron chi connectivity index (χ2n) is 5.31. The predicted molar refractivity (Wildman–Crippen MR) is 65.0 cm³/mol. The van der Waals surface area contributed by atoms with Gasteiger partial charge in [-0.25, -0.2) is 0 Å². The summed E-state index contributed by atoms with van der Waals surface area (Å²) in [6.45, 7) is 6.41. The lowest BCUT2D eigenvalue weighted by Gasteiger charge is -2.37. The van der Waals surface area contributed by atoms with Crippen molar-refractivity contribution in [2.24, 2.45) is 12.8 Å². The Bertz CT molecular complexity index is 356. The maximum atomic E-state index is 5.94. The molecule has 2 rings (SSSR count). The molecule has 0 aromatic carbocycles. The quantitative estimate of drug-likeness (QED) is 0.838. The van der Waals surface area contributed by atoms with Crippen LogP contribution in [-0.2, 0) is 7.05 Å². The predicted octanol–water partition coefficient (Wildman–Crippen LogP) is 1.29. The van der Waals surface area contributed by atoms with Gasteiger partial charge in [-0.1, -0.05) is 0 Å². The summed E-state index contributed by atoms with van der Waals surface area (Å²) in [4.78, 5) is 2.52. The van der Waals surface area contributed by atoms with Crippen LogP contribution in [0.5, 0.6) is 0 Å². The summed E-state index contributed by atoms with van der Waals surface area (Å²) >= 11 is 0. The van der Waals surface area contributed by atoms with Crippen LogP contribution in [0.4, 0.5) is 0 Å². The first kappa shape index (κ1) is 11.6. The summed E-state index contributed by atoms with van der Waals surface area (Å²) in [6.07, 6.45) is 6.53. The van der Waals surface area contributed by atoms with E-state index in [2.05, 4.69) is 30.0 Å². The Morgan fingerprint density at radius 3 is 2.75 bits per heavy atom. The van der Waals surface area contributed by atoms with Gasteiger partial charge in [-0.2, -0.15) is 5.10 Å². The van der Waals surface area contributed by atoms with Crippen LogP contribution in [0, 0.1) is 0 Å². The molecular formula is C12H22N4. The fourth-order valence-electron chi connectivity index (χ4n) is 2.76. The van der Waals surface area contributed by atoms with Crippen LogP contribution < -0.4 is 5.73 Å². The van der Waals surface area contributed by atoms with Gasteiger partial charge < -0.3 is 5.73 Å². The largest absolute Gasteiger partial charge is 0.329 e. The second-order valence-corrected chi connectivity index (χ2v) is 5.31. The van der Waals surface area contributed by atoms with Crippen LogP contribution in [0.3, 0.4) is 0 Å². The van der Waals surface area contributed by atoms with E-state index in [9.17, 15) is 0 Å². The van der Waals surface area contributed by atoms with E-state index < -0.39 is 0 Å². The molecule has 1 unspecified atom stereocenters. The third kappa shape index (κ3) is 1.99. The van der Waals surface area contributed by atoms with E-state index in [1.165, 1.54) is 18.4 Å². The van der Waals surface area contributed by atoms with E-state index in [1.807, 2.05) is 17.9 Å². The lowest BCUT2D eigenvalue weighted by molar-refractivity contribution is 0.119. The Kier molecular flexibility index (Phi) is 3.04. The highest BCUT2D eigenvalue weighted by Crippen LogP contribution is 2.35. The topological polar surface area (TPSA) is 47.1 Å². The van der Waals surface area contributed by atoms with Crippen LogP contribution in [-0.4, -0.2) is 33.3 Å². The van der Waals surface area contributed by atoms with Gasteiger partial charge in [0.1, 0.15) is 0 Å². The zero-order chi connectivity index (χ0) is 11.8. The van der Waals surface area contributed by atoms with Crippen molar-refractivity contribution >= 4 is 0 Å². The highest BCUT2D eigenvalue weighted by molar-refractivity contribution is 5.13. The molecule has 1 saturated heterocycles. The van der Waals surface area contributed by atoms with Crippen LogP contribution in [0.25, 0.3) is 0 Å². The summed E-state index contributed by atoms with van der Waals surface area (Å²) in [5, 5.41) is 4.24. The van der Waals surface area contributed by atoms with E-state index in [4.69, 9.17) is 5.73 Å². The monoisotopic (exact) mass is 222 g/mol. The smallest absolute Gasteiger partial charge is 0.0538 e. The average molecular weight is 222 g/mol. The first-order valence-electron chi connectivity index (χ1n) is 6.00. The van der Waals surface area contributed by atoms with Crippen molar-refractivity contribution in [2.45, 2.75) is 38.3 Å². The van der Waals surface area contributed by atoms with Gasteiger partial charge in [0.2, 0.25) is 0 Å². The van der Waals surface area contributed by atoms with E-state index in [1.54, 1.807) is 0 Å². The van der Waals surface area contributed by atoms with Crippen molar-refractivity contribution in [3.8, 4) is 0 Å². The van der Waals surface area contributed by atoms with Gasteiger partial charge in [0, 0.05) is 30.9 Å². The van der Waals surface area contributed by atoms with Crippen molar-refractivity contribution in [1.29, 1.82) is 0 Å². The molecule has 0 spiro atoms. The lowest BCUT2D eigenvalue weighted by atomic mass is 9.99. The number of hydrogen-bond donors (Lipinski definition) is 1. The zero-order valence-corrected chi connectivity index (χ0v) is 10.5. The maximum absolute atomic E-state index is 5.94. The summed E-state index contributed by atoms with van der Waals surface area (Å²) in [7, 11) is 1.95. The molecular weight excluding hydrogens is 200 g/mol. The number of hydrogen-bond acceptors (Lipinski definition) is 3. The number of likely N-dealkylation sites (tertiary alicyclic amines) is 1. The molecule has 0 aliphatic carbocycles. The van der Waals surface area contributed by atoms with Crippen molar-refractivity contribution in [2.75, 3.05) is 13.1 Å². The summed E-state index contributed by atoms with van der Waals surface area (Å²) in [5.41, 5.74) is 7.44. The van der Waals surface area contributed by atoms with Gasteiger partial charge in [0.25, 0.3) is 0 Å². The SMILES string of the molecule is Cn1cc(C(CN)N2CCCC2(C)C)cn1. The second kappa shape index (κ2) is 4.18. The minimum atomic E-state index is 0.264. The van der Waals surface area contributed by atoms with E-state index >= 15 is 0 Å². The average Bonchev–Trinajstić information content (AvgIpc) is 2.76. The molecule has 16 heavy (non-hydrogen) atoms. The molecule has 1 aliphatic heterocycles. The van der Waals surface area contributed by atoms with Gasteiger partial charge in [-0.15, -0.1) is 0 Å². The minimum absolute atomic E-state index is 0.264. The lowest BCUT2D eigenvalue weighted by Crippen LogP contribution is -2.43. The van der Waals surface area contributed by atoms with Crippen molar-refractivity contribution < 1.29 is 0 Å². The Balaban J connectivity index is 2.23. The maximum Gasteiger partial charge on any atom is 0.0538 e.